The molecule has 0 heterocycles. The second-order valence-corrected chi connectivity index (χ2v) is 13.7. The van der Waals surface area contributed by atoms with E-state index in [-0.39, 0.29) is 18.5 Å². The fourth-order valence-electron chi connectivity index (χ4n) is 5.34. The van der Waals surface area contributed by atoms with Gasteiger partial charge in [-0.25, -0.2) is 8.42 Å². The summed E-state index contributed by atoms with van der Waals surface area (Å²) in [6.45, 7) is 3.44. The highest BCUT2D eigenvalue weighted by atomic mass is 79.9. The second-order valence-electron chi connectivity index (χ2n) is 10.9. The predicted molar refractivity (Wildman–Crippen MR) is 167 cm³/mol. The average molecular weight is 641 g/mol. The molecule has 1 saturated carbocycles. The standard InChI is InChI=1S/C32H38BrN3O4S/c1-23-16-17-24(2)29(18-23)36(41(3,39)40)22-31(37)35(21-26-12-9-13-27(33)19-26)30(20-25-10-5-4-6-11-25)32(38)34-28-14-7-8-15-28/h4-6,9-13,16-19,28,30H,7-8,14-15,20-22H2,1-3H3,(H,34,38). The van der Waals surface area contributed by atoms with Gasteiger partial charge in [-0.2, -0.15) is 0 Å². The van der Waals surface area contributed by atoms with Gasteiger partial charge in [-0.05, 0) is 67.1 Å². The molecule has 0 radical (unpaired) electrons. The second kappa shape index (κ2) is 13.7. The number of sulfonamides is 1. The van der Waals surface area contributed by atoms with Crippen LogP contribution >= 0.6 is 15.9 Å². The van der Waals surface area contributed by atoms with Crippen molar-refractivity contribution >= 4 is 43.5 Å². The van der Waals surface area contributed by atoms with Gasteiger partial charge in [0.25, 0.3) is 0 Å². The summed E-state index contributed by atoms with van der Waals surface area (Å²) in [5.74, 6) is -0.666. The lowest BCUT2D eigenvalue weighted by molar-refractivity contribution is -0.140. The maximum absolute atomic E-state index is 14.3. The Morgan fingerprint density at radius 1 is 0.951 bits per heavy atom. The van der Waals surface area contributed by atoms with E-state index in [1.54, 1.807) is 11.0 Å². The van der Waals surface area contributed by atoms with Gasteiger partial charge < -0.3 is 10.2 Å². The maximum Gasteiger partial charge on any atom is 0.244 e. The normalized spacial score (nSPS) is 14.4. The van der Waals surface area contributed by atoms with Crippen LogP contribution in [0.15, 0.2) is 77.3 Å². The largest absolute Gasteiger partial charge is 0.352 e. The third-order valence-electron chi connectivity index (χ3n) is 7.53. The molecule has 1 aliphatic carbocycles. The molecule has 2 amide bonds. The fraction of sp³-hybridized carbons (Fsp3) is 0.375. The van der Waals surface area contributed by atoms with Crippen LogP contribution in [-0.4, -0.2) is 50.0 Å². The fourth-order valence-corrected chi connectivity index (χ4v) is 6.68. The van der Waals surface area contributed by atoms with E-state index < -0.39 is 28.5 Å². The van der Waals surface area contributed by atoms with E-state index in [4.69, 9.17) is 0 Å². The van der Waals surface area contributed by atoms with Gasteiger partial charge in [0.1, 0.15) is 12.6 Å². The summed E-state index contributed by atoms with van der Waals surface area (Å²) in [5, 5.41) is 3.19. The van der Waals surface area contributed by atoms with Crippen molar-refractivity contribution in [2.75, 3.05) is 17.1 Å². The number of rotatable bonds is 11. The number of halogens is 1. The average Bonchev–Trinajstić information content (AvgIpc) is 3.43. The number of nitrogens with one attached hydrogen (secondary N) is 1. The van der Waals surface area contributed by atoms with Gasteiger partial charge in [-0.15, -0.1) is 0 Å². The van der Waals surface area contributed by atoms with E-state index in [0.29, 0.717) is 12.1 Å². The quantitative estimate of drug-likeness (QED) is 0.299. The summed E-state index contributed by atoms with van der Waals surface area (Å²) in [5.41, 5.74) is 3.83. The molecule has 41 heavy (non-hydrogen) atoms. The van der Waals surface area contributed by atoms with Crippen LogP contribution in [0.2, 0.25) is 0 Å². The van der Waals surface area contributed by atoms with Crippen LogP contribution in [0.3, 0.4) is 0 Å². The van der Waals surface area contributed by atoms with E-state index in [0.717, 1.165) is 63.0 Å². The number of carbonyl (C=O) groups is 2. The molecule has 3 aromatic carbocycles. The Kier molecular flexibility index (Phi) is 10.3. The first-order valence-electron chi connectivity index (χ1n) is 13.9. The van der Waals surface area contributed by atoms with Gasteiger partial charge in [0, 0.05) is 23.5 Å². The molecule has 1 unspecified atom stereocenters. The number of aryl methyl sites for hydroxylation is 2. The van der Waals surface area contributed by atoms with E-state index in [1.165, 1.54) is 0 Å². The van der Waals surface area contributed by atoms with Gasteiger partial charge in [-0.3, -0.25) is 13.9 Å². The zero-order valence-corrected chi connectivity index (χ0v) is 26.2. The van der Waals surface area contributed by atoms with Crippen LogP contribution < -0.4 is 9.62 Å². The Balaban J connectivity index is 1.74. The number of benzene rings is 3. The van der Waals surface area contributed by atoms with Crippen molar-refractivity contribution < 1.29 is 18.0 Å². The molecule has 0 aromatic heterocycles. The molecule has 0 saturated heterocycles. The first-order chi connectivity index (χ1) is 19.5. The van der Waals surface area contributed by atoms with Crippen molar-refractivity contribution in [3.05, 3.63) is 99.5 Å². The smallest absolute Gasteiger partial charge is 0.244 e. The molecule has 0 spiro atoms. The van der Waals surface area contributed by atoms with Crippen molar-refractivity contribution in [3.63, 3.8) is 0 Å². The molecular formula is C32H38BrN3O4S. The summed E-state index contributed by atoms with van der Waals surface area (Å²) in [7, 11) is -3.81. The van der Waals surface area contributed by atoms with Crippen molar-refractivity contribution in [3.8, 4) is 0 Å². The van der Waals surface area contributed by atoms with Gasteiger partial charge >= 0.3 is 0 Å². The molecule has 1 atom stereocenters. The van der Waals surface area contributed by atoms with Crippen molar-refractivity contribution in [1.29, 1.82) is 0 Å². The predicted octanol–water partition coefficient (Wildman–Crippen LogP) is 5.53. The topological polar surface area (TPSA) is 86.8 Å². The molecule has 0 aliphatic heterocycles. The number of carbonyl (C=O) groups excluding carboxylic acids is 2. The minimum Gasteiger partial charge on any atom is -0.352 e. The Bertz CT molecular complexity index is 1470. The van der Waals surface area contributed by atoms with Crippen LogP contribution in [0.5, 0.6) is 0 Å². The van der Waals surface area contributed by atoms with Crippen LogP contribution in [0.25, 0.3) is 0 Å². The van der Waals surface area contributed by atoms with Gasteiger partial charge in [0.05, 0.1) is 11.9 Å². The third-order valence-corrected chi connectivity index (χ3v) is 9.15. The van der Waals surface area contributed by atoms with Crippen LogP contribution in [0.4, 0.5) is 5.69 Å². The molecule has 218 valence electrons. The third kappa shape index (κ3) is 8.42. The molecule has 4 rings (SSSR count). The highest BCUT2D eigenvalue weighted by Crippen LogP contribution is 2.26. The highest BCUT2D eigenvalue weighted by Gasteiger charge is 2.34. The Morgan fingerprint density at radius 3 is 2.29 bits per heavy atom. The molecule has 3 aromatic rings. The SMILES string of the molecule is Cc1ccc(C)c(N(CC(=O)N(Cc2cccc(Br)c2)C(Cc2ccccc2)C(=O)NC2CCCC2)S(C)(=O)=O)c1. The van der Waals surface area contributed by atoms with Crippen molar-refractivity contribution in [2.45, 2.75) is 64.6 Å². The molecule has 7 nitrogen and oxygen atoms in total. The van der Waals surface area contributed by atoms with E-state index in [9.17, 15) is 18.0 Å². The van der Waals surface area contributed by atoms with Crippen LogP contribution in [-0.2, 0) is 32.6 Å². The van der Waals surface area contributed by atoms with Gasteiger partial charge in [0.15, 0.2) is 0 Å². The molecule has 1 aliphatic rings. The summed E-state index contributed by atoms with van der Waals surface area (Å²) in [6, 6.07) is 22.0. The minimum absolute atomic E-state index is 0.0751. The lowest BCUT2D eigenvalue weighted by atomic mass is 10.0. The summed E-state index contributed by atoms with van der Waals surface area (Å²) >= 11 is 3.51. The van der Waals surface area contributed by atoms with E-state index in [1.807, 2.05) is 80.6 Å². The molecule has 0 bridgehead atoms. The van der Waals surface area contributed by atoms with E-state index in [2.05, 4.69) is 21.2 Å². The molecule has 1 N–H and O–H groups in total. The number of amides is 2. The summed E-state index contributed by atoms with van der Waals surface area (Å²) in [6.07, 6.45) is 5.37. The van der Waals surface area contributed by atoms with Crippen molar-refractivity contribution in [2.24, 2.45) is 0 Å². The lowest BCUT2D eigenvalue weighted by Gasteiger charge is -2.34. The zero-order chi connectivity index (χ0) is 29.6. The van der Waals surface area contributed by atoms with Crippen LogP contribution in [0, 0.1) is 13.8 Å². The molecule has 9 heteroatoms. The van der Waals surface area contributed by atoms with Crippen LogP contribution in [0.1, 0.15) is 47.9 Å². The van der Waals surface area contributed by atoms with E-state index >= 15 is 0 Å². The minimum atomic E-state index is -3.81. The molecular weight excluding hydrogens is 602 g/mol. The Morgan fingerprint density at radius 2 is 1.63 bits per heavy atom. The number of nitrogens with zero attached hydrogens (tertiary/aromatic N) is 2. The number of hydrogen-bond donors (Lipinski definition) is 1. The number of anilines is 1. The van der Waals surface area contributed by atoms with Gasteiger partial charge in [-0.1, -0.05) is 83.4 Å². The Labute approximate surface area is 252 Å². The van der Waals surface area contributed by atoms with Crippen molar-refractivity contribution in [1.82, 2.24) is 10.2 Å². The Hall–Kier alpha value is -3.17. The number of hydrogen-bond acceptors (Lipinski definition) is 4. The lowest BCUT2D eigenvalue weighted by Crippen LogP contribution is -2.54. The zero-order valence-electron chi connectivity index (χ0n) is 23.8. The monoisotopic (exact) mass is 639 g/mol. The maximum atomic E-state index is 14.3. The first kappa shape index (κ1) is 30.8. The summed E-state index contributed by atoms with van der Waals surface area (Å²) < 4.78 is 28.1. The molecule has 1 fully saturated rings. The highest BCUT2D eigenvalue weighted by molar-refractivity contribution is 9.10. The summed E-state index contributed by atoms with van der Waals surface area (Å²) in [4.78, 5) is 29.7. The van der Waals surface area contributed by atoms with Gasteiger partial charge in [0.2, 0.25) is 21.8 Å². The first-order valence-corrected chi connectivity index (χ1v) is 16.6.